The van der Waals surface area contributed by atoms with Crippen LogP contribution in [0.2, 0.25) is 0 Å². The van der Waals surface area contributed by atoms with Crippen LogP contribution in [0.5, 0.6) is 0 Å². The highest BCUT2D eigenvalue weighted by molar-refractivity contribution is 6.00. The van der Waals surface area contributed by atoms with E-state index in [2.05, 4.69) is 26.8 Å². The topological polar surface area (TPSA) is 37.4 Å². The summed E-state index contributed by atoms with van der Waals surface area (Å²) in [5.41, 5.74) is 3.55. The fourth-order valence-corrected chi connectivity index (χ4v) is 3.56. The summed E-state index contributed by atoms with van der Waals surface area (Å²) in [4.78, 5) is 25.7. The highest BCUT2D eigenvalue weighted by atomic mass is 16.2. The maximum absolute atomic E-state index is 12.1. The third-order valence-electron chi connectivity index (χ3n) is 4.25. The number of aryl methyl sites for hydroxylation is 1. The van der Waals surface area contributed by atoms with E-state index in [1.807, 2.05) is 17.9 Å². The SMILES string of the molecule is CC(=O)c1cc2c(cc1C)[C@@H](C)CC(C)(C)N2C(C)=O. The molecule has 1 heterocycles. The average Bonchev–Trinajstić information content (AvgIpc) is 2.27. The first-order valence-corrected chi connectivity index (χ1v) is 7.11. The van der Waals surface area contributed by atoms with Crippen LogP contribution >= 0.6 is 0 Å². The van der Waals surface area contributed by atoms with Gasteiger partial charge in [-0.2, -0.15) is 0 Å². The Morgan fingerprint density at radius 2 is 1.85 bits per heavy atom. The van der Waals surface area contributed by atoms with E-state index in [0.717, 1.165) is 17.7 Å². The average molecular weight is 273 g/mol. The molecule has 0 fully saturated rings. The Bertz CT molecular complexity index is 587. The minimum atomic E-state index is -0.221. The Labute approximate surface area is 121 Å². The number of amides is 1. The van der Waals surface area contributed by atoms with Crippen LogP contribution in [0.4, 0.5) is 5.69 Å². The van der Waals surface area contributed by atoms with Gasteiger partial charge < -0.3 is 4.90 Å². The molecular weight excluding hydrogens is 250 g/mol. The smallest absolute Gasteiger partial charge is 0.224 e. The zero-order chi connectivity index (χ0) is 15.2. The van der Waals surface area contributed by atoms with Crippen molar-refractivity contribution < 1.29 is 9.59 Å². The lowest BCUT2D eigenvalue weighted by molar-refractivity contribution is -0.117. The second kappa shape index (κ2) is 4.72. The molecule has 1 atom stereocenters. The summed E-state index contributed by atoms with van der Waals surface area (Å²) in [7, 11) is 0. The molecule has 1 aliphatic heterocycles. The van der Waals surface area contributed by atoms with E-state index in [-0.39, 0.29) is 17.2 Å². The summed E-state index contributed by atoms with van der Waals surface area (Å²) >= 11 is 0. The number of fused-ring (bicyclic) bond motifs is 1. The molecule has 0 spiro atoms. The Hall–Kier alpha value is -1.64. The van der Waals surface area contributed by atoms with Crippen molar-refractivity contribution in [3.63, 3.8) is 0 Å². The van der Waals surface area contributed by atoms with Crippen molar-refractivity contribution in [2.24, 2.45) is 0 Å². The van der Waals surface area contributed by atoms with E-state index >= 15 is 0 Å². The summed E-state index contributed by atoms with van der Waals surface area (Å²) in [6.07, 6.45) is 0.929. The standard InChI is InChI=1S/C17H23NO2/c1-10-7-15-11(2)9-17(5,6)18(13(4)20)16(15)8-14(10)12(3)19/h7-8,11H,9H2,1-6H3/t11-/m0/s1. The van der Waals surface area contributed by atoms with Crippen molar-refractivity contribution in [2.75, 3.05) is 4.90 Å². The predicted molar refractivity (Wildman–Crippen MR) is 81.5 cm³/mol. The second-order valence-electron chi connectivity index (χ2n) is 6.55. The quantitative estimate of drug-likeness (QED) is 0.729. The Kier molecular flexibility index (Phi) is 3.49. The summed E-state index contributed by atoms with van der Waals surface area (Å²) in [6, 6.07) is 3.97. The Morgan fingerprint density at radius 1 is 1.25 bits per heavy atom. The first-order valence-electron chi connectivity index (χ1n) is 7.11. The van der Waals surface area contributed by atoms with Crippen LogP contribution in [0, 0.1) is 6.92 Å². The molecule has 20 heavy (non-hydrogen) atoms. The van der Waals surface area contributed by atoms with Gasteiger partial charge in [0, 0.05) is 23.7 Å². The first-order chi connectivity index (χ1) is 9.15. The molecular formula is C17H23NO2. The number of Topliss-reactive ketones (excluding diaryl/α,β-unsaturated/α-hetero) is 1. The van der Waals surface area contributed by atoms with Crippen molar-refractivity contribution in [3.05, 3.63) is 28.8 Å². The number of benzene rings is 1. The minimum absolute atomic E-state index is 0.0292. The van der Waals surface area contributed by atoms with Gasteiger partial charge in [0.05, 0.1) is 0 Å². The molecule has 1 aromatic carbocycles. The van der Waals surface area contributed by atoms with Crippen LogP contribution < -0.4 is 4.90 Å². The van der Waals surface area contributed by atoms with Gasteiger partial charge in [0.15, 0.2) is 5.78 Å². The molecule has 0 bridgehead atoms. The van der Waals surface area contributed by atoms with Gasteiger partial charge in [0.25, 0.3) is 0 Å². The Morgan fingerprint density at radius 3 is 2.35 bits per heavy atom. The maximum atomic E-state index is 12.1. The normalized spacial score (nSPS) is 20.5. The van der Waals surface area contributed by atoms with Gasteiger partial charge in [-0.05, 0) is 57.2 Å². The molecule has 1 amide bonds. The van der Waals surface area contributed by atoms with Gasteiger partial charge in [0.2, 0.25) is 5.91 Å². The zero-order valence-corrected chi connectivity index (χ0v) is 13.2. The number of rotatable bonds is 1. The van der Waals surface area contributed by atoms with Crippen LogP contribution in [-0.4, -0.2) is 17.2 Å². The molecule has 3 heteroatoms. The molecule has 0 saturated heterocycles. The van der Waals surface area contributed by atoms with Crippen LogP contribution in [0.1, 0.15) is 68.4 Å². The van der Waals surface area contributed by atoms with E-state index in [1.165, 1.54) is 5.56 Å². The lowest BCUT2D eigenvalue weighted by Gasteiger charge is -2.46. The highest BCUT2D eigenvalue weighted by Gasteiger charge is 2.39. The predicted octanol–water partition coefficient (Wildman–Crippen LogP) is 3.84. The van der Waals surface area contributed by atoms with E-state index in [0.29, 0.717) is 11.5 Å². The van der Waals surface area contributed by atoms with Gasteiger partial charge in [-0.25, -0.2) is 0 Å². The molecule has 2 rings (SSSR count). The summed E-state index contributed by atoms with van der Waals surface area (Å²) in [5, 5.41) is 0. The van der Waals surface area contributed by atoms with Gasteiger partial charge in [0.1, 0.15) is 0 Å². The molecule has 0 aromatic heterocycles. The molecule has 108 valence electrons. The third-order valence-corrected chi connectivity index (χ3v) is 4.25. The number of anilines is 1. The van der Waals surface area contributed by atoms with Crippen LogP contribution in [0.25, 0.3) is 0 Å². The van der Waals surface area contributed by atoms with Crippen LogP contribution in [-0.2, 0) is 4.79 Å². The van der Waals surface area contributed by atoms with Crippen molar-refractivity contribution in [3.8, 4) is 0 Å². The molecule has 0 radical (unpaired) electrons. The van der Waals surface area contributed by atoms with Gasteiger partial charge in [-0.3, -0.25) is 9.59 Å². The maximum Gasteiger partial charge on any atom is 0.224 e. The molecule has 0 aliphatic carbocycles. The molecule has 0 saturated carbocycles. The van der Waals surface area contributed by atoms with Gasteiger partial charge in [-0.15, -0.1) is 0 Å². The van der Waals surface area contributed by atoms with Crippen LogP contribution in [0.3, 0.4) is 0 Å². The molecule has 0 N–H and O–H groups in total. The number of carbonyl (C=O) groups is 2. The number of ketones is 1. The number of hydrogen-bond acceptors (Lipinski definition) is 2. The lowest BCUT2D eigenvalue weighted by Crippen LogP contribution is -2.50. The largest absolute Gasteiger partial charge is 0.307 e. The minimum Gasteiger partial charge on any atom is -0.307 e. The number of hydrogen-bond donors (Lipinski definition) is 0. The fourth-order valence-electron chi connectivity index (χ4n) is 3.56. The van der Waals surface area contributed by atoms with E-state index in [1.54, 1.807) is 13.8 Å². The molecule has 1 aliphatic rings. The lowest BCUT2D eigenvalue weighted by atomic mass is 9.78. The van der Waals surface area contributed by atoms with Gasteiger partial charge >= 0.3 is 0 Å². The van der Waals surface area contributed by atoms with Crippen molar-refractivity contribution in [2.45, 2.75) is 59.4 Å². The van der Waals surface area contributed by atoms with E-state index < -0.39 is 0 Å². The van der Waals surface area contributed by atoms with E-state index in [9.17, 15) is 9.59 Å². The van der Waals surface area contributed by atoms with Crippen molar-refractivity contribution in [1.82, 2.24) is 0 Å². The molecule has 1 aromatic rings. The van der Waals surface area contributed by atoms with Gasteiger partial charge in [-0.1, -0.05) is 13.0 Å². The molecule has 0 unspecified atom stereocenters. The Balaban J connectivity index is 2.72. The van der Waals surface area contributed by atoms with Crippen LogP contribution in [0.15, 0.2) is 12.1 Å². The van der Waals surface area contributed by atoms with E-state index in [4.69, 9.17) is 0 Å². The monoisotopic (exact) mass is 273 g/mol. The number of carbonyl (C=O) groups excluding carboxylic acids is 2. The van der Waals surface area contributed by atoms with Crippen molar-refractivity contribution in [1.29, 1.82) is 0 Å². The third kappa shape index (κ3) is 2.26. The second-order valence-corrected chi connectivity index (χ2v) is 6.55. The summed E-state index contributed by atoms with van der Waals surface area (Å²) in [6.45, 7) is 11.5. The first kappa shape index (κ1) is 14.8. The zero-order valence-electron chi connectivity index (χ0n) is 13.2. The fraction of sp³-hybridized carbons (Fsp3) is 0.529. The highest BCUT2D eigenvalue weighted by Crippen LogP contribution is 2.44. The number of nitrogens with zero attached hydrogens (tertiary/aromatic N) is 1. The van der Waals surface area contributed by atoms with Crippen molar-refractivity contribution >= 4 is 17.4 Å². The summed E-state index contributed by atoms with van der Waals surface area (Å²) < 4.78 is 0. The summed E-state index contributed by atoms with van der Waals surface area (Å²) in [5.74, 6) is 0.460. The molecule has 3 nitrogen and oxygen atoms in total.